The highest BCUT2D eigenvalue weighted by Crippen LogP contribution is 2.47. The van der Waals surface area contributed by atoms with Gasteiger partial charge in [-0.1, -0.05) is 264 Å². The minimum atomic E-state index is -5.02. The summed E-state index contributed by atoms with van der Waals surface area (Å²) < 4.78 is 34.4. The lowest BCUT2D eigenvalue weighted by Crippen LogP contribution is -2.64. The molecule has 12 nitrogen and oxygen atoms in total. The van der Waals surface area contributed by atoms with Crippen molar-refractivity contribution in [3.05, 3.63) is 0 Å². The number of aliphatic hydroxyl groups is 5. The first-order valence-corrected chi connectivity index (χ1v) is 30.4. The van der Waals surface area contributed by atoms with Crippen molar-refractivity contribution in [1.82, 2.24) is 0 Å². The second kappa shape index (κ2) is 46.1. The minimum absolute atomic E-state index is 0.0670. The second-order valence-electron chi connectivity index (χ2n) is 20.5. The molecule has 0 aromatic carbocycles. The Balaban J connectivity index is 2.26. The Kier molecular flexibility index (Phi) is 44.4. The summed E-state index contributed by atoms with van der Waals surface area (Å²) in [7, 11) is -5.02. The van der Waals surface area contributed by atoms with Crippen molar-refractivity contribution in [2.45, 2.75) is 326 Å². The molecule has 0 bridgehead atoms. The summed E-state index contributed by atoms with van der Waals surface area (Å²) in [6.07, 6.45) is 40.3. The topological polar surface area (TPSA) is 192 Å². The molecule has 0 aromatic rings. The Morgan fingerprint density at radius 1 is 0.412 bits per heavy atom. The van der Waals surface area contributed by atoms with Gasteiger partial charge in [-0.05, 0) is 12.8 Å². The zero-order valence-electron chi connectivity index (χ0n) is 43.9. The second-order valence-corrected chi connectivity index (χ2v) is 21.9. The summed E-state index contributed by atoms with van der Waals surface area (Å²) >= 11 is 0. The number of unbranched alkanes of at least 4 members (excludes halogenated alkanes) is 39. The molecule has 1 aliphatic carbocycles. The molecule has 1 aliphatic rings. The van der Waals surface area contributed by atoms with Gasteiger partial charge in [0.2, 0.25) is 0 Å². The van der Waals surface area contributed by atoms with Gasteiger partial charge in [0, 0.05) is 13.0 Å². The van der Waals surface area contributed by atoms with Crippen LogP contribution in [0.3, 0.4) is 0 Å². The maximum Gasteiger partial charge on any atom is 0.472 e. The lowest BCUT2D eigenvalue weighted by molar-refractivity contribution is -0.220. The molecule has 6 atom stereocenters. The number of hydrogen-bond donors (Lipinski definition) is 6. The Labute approximate surface area is 416 Å². The van der Waals surface area contributed by atoms with E-state index in [-0.39, 0.29) is 13.0 Å². The van der Waals surface area contributed by atoms with Crippen LogP contribution in [-0.4, -0.2) is 98.9 Å². The summed E-state index contributed by atoms with van der Waals surface area (Å²) in [6, 6.07) is 0. The van der Waals surface area contributed by atoms with Gasteiger partial charge in [0.15, 0.2) is 0 Å². The predicted octanol–water partition coefficient (Wildman–Crippen LogP) is 13.7. The Bertz CT molecular complexity index is 1130. The third-order valence-corrected chi connectivity index (χ3v) is 15.0. The molecule has 0 heterocycles. The molecule has 13 heteroatoms. The number of carbonyl (C=O) groups is 1. The Morgan fingerprint density at radius 2 is 0.691 bits per heavy atom. The van der Waals surface area contributed by atoms with Crippen molar-refractivity contribution in [2.75, 3.05) is 19.8 Å². The molecule has 0 spiro atoms. The third kappa shape index (κ3) is 37.1. The summed E-state index contributed by atoms with van der Waals surface area (Å²) in [5.74, 6) is -0.467. The van der Waals surface area contributed by atoms with Gasteiger partial charge in [-0.15, -0.1) is 0 Å². The standard InChI is InChI=1S/C55H109O12P/c1-3-5-7-9-11-13-15-17-19-21-23-24-25-27-29-31-33-35-37-39-41-43-45-64-46-48(47-65-68(62,63)67-55-53(60)51(58)50(57)52(59)54(55)61)66-49(56)44-42-40-38-36-34-32-30-28-26-22-20-18-16-14-12-10-8-6-4-2/h48,50-55,57-61H,3-47H2,1-2H3,(H,62,63). The maximum absolute atomic E-state index is 12.9. The molecule has 1 rings (SSSR count). The van der Waals surface area contributed by atoms with E-state index in [1.165, 1.54) is 218 Å². The van der Waals surface area contributed by atoms with Crippen LogP contribution < -0.4 is 0 Å². The average Bonchev–Trinajstić information content (AvgIpc) is 3.32. The third-order valence-electron chi connectivity index (χ3n) is 14.0. The normalized spacial score (nSPS) is 21.0. The SMILES string of the molecule is CCCCCCCCCCCCCCCCCCCCCCCCOCC(COP(=O)(O)OC1C(O)C(O)C(O)C(O)C1O)OC(=O)CCCCCCCCCCCCCCCCCCCCC. The average molecular weight is 993 g/mol. The van der Waals surface area contributed by atoms with Crippen LogP contribution in [0, 0.1) is 0 Å². The van der Waals surface area contributed by atoms with Crippen molar-refractivity contribution in [2.24, 2.45) is 0 Å². The zero-order valence-corrected chi connectivity index (χ0v) is 44.8. The van der Waals surface area contributed by atoms with Crippen LogP contribution in [0.1, 0.15) is 284 Å². The van der Waals surface area contributed by atoms with Crippen molar-refractivity contribution in [3.8, 4) is 0 Å². The van der Waals surface area contributed by atoms with Crippen LogP contribution in [-0.2, 0) is 27.9 Å². The highest BCUT2D eigenvalue weighted by Gasteiger charge is 2.51. The molecule has 6 unspecified atom stereocenters. The van der Waals surface area contributed by atoms with E-state index in [0.717, 1.165) is 38.5 Å². The first-order valence-electron chi connectivity index (χ1n) is 28.9. The molecule has 406 valence electrons. The number of ether oxygens (including phenoxy) is 2. The molecule has 68 heavy (non-hydrogen) atoms. The highest BCUT2D eigenvalue weighted by atomic mass is 31.2. The van der Waals surface area contributed by atoms with Crippen molar-refractivity contribution in [1.29, 1.82) is 0 Å². The van der Waals surface area contributed by atoms with Crippen LogP contribution in [0.25, 0.3) is 0 Å². The van der Waals surface area contributed by atoms with Gasteiger partial charge in [0.05, 0.1) is 13.2 Å². The van der Waals surface area contributed by atoms with Crippen LogP contribution in [0.15, 0.2) is 0 Å². The van der Waals surface area contributed by atoms with Crippen molar-refractivity contribution in [3.63, 3.8) is 0 Å². The van der Waals surface area contributed by atoms with E-state index in [0.29, 0.717) is 13.0 Å². The number of rotatable bonds is 51. The first kappa shape index (κ1) is 65.4. The quantitative estimate of drug-likeness (QED) is 0.0192. The number of phosphoric ester groups is 1. The van der Waals surface area contributed by atoms with Crippen LogP contribution in [0.4, 0.5) is 0 Å². The molecule has 0 aromatic heterocycles. The van der Waals surface area contributed by atoms with E-state index in [1.807, 2.05) is 0 Å². The van der Waals surface area contributed by atoms with Crippen molar-refractivity contribution < 1.29 is 58.3 Å². The lowest BCUT2D eigenvalue weighted by Gasteiger charge is -2.41. The number of hydrogen-bond acceptors (Lipinski definition) is 11. The van der Waals surface area contributed by atoms with Gasteiger partial charge in [-0.2, -0.15) is 0 Å². The molecular formula is C55H109O12P. The number of carbonyl (C=O) groups excluding carboxylic acids is 1. The van der Waals surface area contributed by atoms with E-state index in [4.69, 9.17) is 18.5 Å². The smallest absolute Gasteiger partial charge is 0.457 e. The largest absolute Gasteiger partial charge is 0.472 e. The number of phosphoric acid groups is 1. The van der Waals surface area contributed by atoms with Crippen molar-refractivity contribution >= 4 is 13.8 Å². The monoisotopic (exact) mass is 993 g/mol. The minimum Gasteiger partial charge on any atom is -0.457 e. The Morgan fingerprint density at radius 3 is 1.01 bits per heavy atom. The molecule has 0 amide bonds. The van der Waals surface area contributed by atoms with E-state index >= 15 is 0 Å². The number of esters is 1. The van der Waals surface area contributed by atoms with Gasteiger partial charge in [0.25, 0.3) is 0 Å². The molecule has 1 saturated carbocycles. The van der Waals surface area contributed by atoms with E-state index in [9.17, 15) is 39.8 Å². The first-order chi connectivity index (χ1) is 33.0. The summed E-state index contributed by atoms with van der Waals surface area (Å²) in [5.41, 5.74) is 0. The molecule has 0 aliphatic heterocycles. The molecule has 0 radical (unpaired) electrons. The predicted molar refractivity (Wildman–Crippen MR) is 277 cm³/mol. The summed E-state index contributed by atoms with van der Waals surface area (Å²) in [4.78, 5) is 23.3. The molecule has 1 fully saturated rings. The fourth-order valence-corrected chi connectivity index (χ4v) is 10.4. The fraction of sp³-hybridized carbons (Fsp3) is 0.982. The van der Waals surface area contributed by atoms with Gasteiger partial charge >= 0.3 is 13.8 Å². The molecule has 6 N–H and O–H groups in total. The summed E-state index contributed by atoms with van der Waals surface area (Å²) in [6.45, 7) is 4.34. The maximum atomic E-state index is 12.9. The van der Waals surface area contributed by atoms with Gasteiger partial charge < -0.3 is 39.9 Å². The van der Waals surface area contributed by atoms with Crippen LogP contribution in [0.2, 0.25) is 0 Å². The Hall–Kier alpha value is -0.660. The van der Waals surface area contributed by atoms with E-state index < -0.39 is 63.1 Å². The fourth-order valence-electron chi connectivity index (χ4n) is 9.42. The summed E-state index contributed by atoms with van der Waals surface area (Å²) in [5, 5.41) is 50.4. The van der Waals surface area contributed by atoms with Crippen LogP contribution in [0.5, 0.6) is 0 Å². The van der Waals surface area contributed by atoms with Gasteiger partial charge in [0.1, 0.15) is 42.7 Å². The van der Waals surface area contributed by atoms with E-state index in [2.05, 4.69) is 13.8 Å². The van der Waals surface area contributed by atoms with Crippen LogP contribution >= 0.6 is 7.82 Å². The molecule has 0 saturated heterocycles. The van der Waals surface area contributed by atoms with Gasteiger partial charge in [-0.25, -0.2) is 4.57 Å². The van der Waals surface area contributed by atoms with E-state index in [1.54, 1.807) is 0 Å². The molecular weight excluding hydrogens is 884 g/mol. The number of aliphatic hydroxyl groups excluding tert-OH is 5. The lowest BCUT2D eigenvalue weighted by atomic mass is 9.85. The zero-order chi connectivity index (χ0) is 49.8. The highest BCUT2D eigenvalue weighted by molar-refractivity contribution is 7.47. The van der Waals surface area contributed by atoms with Gasteiger partial charge in [-0.3, -0.25) is 13.8 Å².